The van der Waals surface area contributed by atoms with Gasteiger partial charge in [0, 0.05) is 10.9 Å². The molecule has 1 fully saturated rings. The van der Waals surface area contributed by atoms with Crippen molar-refractivity contribution in [1.82, 2.24) is 9.69 Å². The van der Waals surface area contributed by atoms with E-state index in [2.05, 4.69) is 15.0 Å². The van der Waals surface area contributed by atoms with Gasteiger partial charge in [-0.05, 0) is 35.8 Å². The Bertz CT molecular complexity index is 575. The third kappa shape index (κ3) is 2.87. The predicted molar refractivity (Wildman–Crippen MR) is 78.7 cm³/mol. The standard InChI is InChI=1S/C12H14N4OS2/c13-10-9(11(17)15-7-3-4-7)12(19-16-10)14-6-8-2-1-5-18-8/h1-2,5,7,14H,3-4,6H2,(H2,13,16)(H,15,17). The van der Waals surface area contributed by atoms with Crippen LogP contribution in [0, 0.1) is 0 Å². The van der Waals surface area contributed by atoms with Crippen molar-refractivity contribution >= 4 is 39.6 Å². The van der Waals surface area contributed by atoms with Crippen LogP contribution in [0.25, 0.3) is 0 Å². The molecule has 0 spiro atoms. The molecule has 0 saturated heterocycles. The minimum atomic E-state index is -0.123. The number of carbonyl (C=O) groups is 1. The van der Waals surface area contributed by atoms with Gasteiger partial charge >= 0.3 is 0 Å². The normalized spacial score (nSPS) is 14.3. The van der Waals surface area contributed by atoms with Crippen LogP contribution in [0.5, 0.6) is 0 Å². The number of nitrogens with one attached hydrogen (secondary N) is 2. The lowest BCUT2D eigenvalue weighted by Crippen LogP contribution is -2.26. The highest BCUT2D eigenvalue weighted by atomic mass is 32.1. The topological polar surface area (TPSA) is 80.0 Å². The minimum absolute atomic E-state index is 0.123. The molecule has 0 aromatic carbocycles. The second-order valence-corrected chi connectivity index (χ2v) is 6.26. The molecule has 5 nitrogen and oxygen atoms in total. The van der Waals surface area contributed by atoms with E-state index in [-0.39, 0.29) is 5.91 Å². The van der Waals surface area contributed by atoms with E-state index in [1.165, 1.54) is 16.4 Å². The third-order valence-electron chi connectivity index (χ3n) is 2.86. The highest BCUT2D eigenvalue weighted by molar-refractivity contribution is 7.11. The van der Waals surface area contributed by atoms with Crippen molar-refractivity contribution in [2.45, 2.75) is 25.4 Å². The van der Waals surface area contributed by atoms with Gasteiger partial charge in [0.2, 0.25) is 0 Å². The van der Waals surface area contributed by atoms with E-state index < -0.39 is 0 Å². The molecule has 2 aromatic heterocycles. The van der Waals surface area contributed by atoms with Gasteiger partial charge in [0.05, 0.1) is 6.54 Å². The molecule has 19 heavy (non-hydrogen) atoms. The van der Waals surface area contributed by atoms with Gasteiger partial charge in [-0.3, -0.25) is 4.79 Å². The number of nitrogen functional groups attached to an aromatic ring is 1. The number of carbonyl (C=O) groups excluding carboxylic acids is 1. The summed E-state index contributed by atoms with van der Waals surface area (Å²) in [4.78, 5) is 13.3. The number of amides is 1. The highest BCUT2D eigenvalue weighted by Crippen LogP contribution is 2.29. The van der Waals surface area contributed by atoms with Gasteiger partial charge in [-0.2, -0.15) is 4.37 Å². The highest BCUT2D eigenvalue weighted by Gasteiger charge is 2.27. The van der Waals surface area contributed by atoms with Crippen LogP contribution in [0.2, 0.25) is 0 Å². The quantitative estimate of drug-likeness (QED) is 0.790. The fourth-order valence-corrected chi connectivity index (χ4v) is 3.06. The number of anilines is 2. The minimum Gasteiger partial charge on any atom is -0.382 e. The fraction of sp³-hybridized carbons (Fsp3) is 0.333. The van der Waals surface area contributed by atoms with Crippen LogP contribution in [-0.2, 0) is 6.54 Å². The van der Waals surface area contributed by atoms with E-state index in [0.29, 0.717) is 24.0 Å². The Balaban J connectivity index is 1.71. The summed E-state index contributed by atoms with van der Waals surface area (Å²) in [5.41, 5.74) is 6.27. The van der Waals surface area contributed by atoms with E-state index in [9.17, 15) is 4.79 Å². The summed E-state index contributed by atoms with van der Waals surface area (Å²) in [6, 6.07) is 4.37. The van der Waals surface area contributed by atoms with Crippen LogP contribution in [-0.4, -0.2) is 16.3 Å². The zero-order valence-corrected chi connectivity index (χ0v) is 11.8. The molecule has 4 N–H and O–H groups in total. The molecular formula is C12H14N4OS2. The van der Waals surface area contributed by atoms with Crippen LogP contribution in [0.4, 0.5) is 10.8 Å². The van der Waals surface area contributed by atoms with Crippen molar-refractivity contribution in [2.75, 3.05) is 11.1 Å². The lowest BCUT2D eigenvalue weighted by molar-refractivity contribution is 0.0953. The number of nitrogens with two attached hydrogens (primary N) is 1. The summed E-state index contributed by atoms with van der Waals surface area (Å²) in [5.74, 6) is 0.180. The van der Waals surface area contributed by atoms with Gasteiger partial charge in [-0.25, -0.2) is 0 Å². The van der Waals surface area contributed by atoms with Crippen LogP contribution in [0.3, 0.4) is 0 Å². The molecule has 0 atom stereocenters. The average Bonchev–Trinajstić information content (AvgIpc) is 2.92. The molecule has 0 unspecified atom stereocenters. The number of hydrogen-bond donors (Lipinski definition) is 3. The Morgan fingerprint density at radius 3 is 3.05 bits per heavy atom. The second-order valence-electron chi connectivity index (χ2n) is 4.45. The molecular weight excluding hydrogens is 280 g/mol. The maximum absolute atomic E-state index is 12.1. The number of nitrogens with zero attached hydrogens (tertiary/aromatic N) is 1. The first kappa shape index (κ1) is 12.4. The monoisotopic (exact) mass is 294 g/mol. The fourth-order valence-electron chi connectivity index (χ4n) is 1.71. The Morgan fingerprint density at radius 1 is 1.53 bits per heavy atom. The van der Waals surface area contributed by atoms with Crippen LogP contribution in [0.1, 0.15) is 28.1 Å². The SMILES string of the molecule is Nc1nsc(NCc2cccs2)c1C(=O)NC1CC1. The maximum Gasteiger partial charge on any atom is 0.258 e. The van der Waals surface area contributed by atoms with Gasteiger partial charge in [-0.15, -0.1) is 11.3 Å². The zero-order chi connectivity index (χ0) is 13.2. The first-order chi connectivity index (χ1) is 9.24. The summed E-state index contributed by atoms with van der Waals surface area (Å²) >= 11 is 2.91. The average molecular weight is 294 g/mol. The predicted octanol–water partition coefficient (Wildman–Crippen LogP) is 2.29. The van der Waals surface area contributed by atoms with Crippen molar-refractivity contribution in [3.63, 3.8) is 0 Å². The second kappa shape index (κ2) is 5.18. The summed E-state index contributed by atoms with van der Waals surface area (Å²) < 4.78 is 4.06. The van der Waals surface area contributed by atoms with E-state index in [1.807, 2.05) is 17.5 Å². The van der Waals surface area contributed by atoms with Gasteiger partial charge in [-0.1, -0.05) is 6.07 Å². The Morgan fingerprint density at radius 2 is 2.37 bits per heavy atom. The summed E-state index contributed by atoms with van der Waals surface area (Å²) in [6.07, 6.45) is 2.11. The van der Waals surface area contributed by atoms with E-state index in [0.717, 1.165) is 17.8 Å². The molecule has 2 heterocycles. The Hall–Kier alpha value is -1.60. The molecule has 100 valence electrons. The molecule has 0 bridgehead atoms. The first-order valence-electron chi connectivity index (χ1n) is 6.06. The molecule has 2 aromatic rings. The summed E-state index contributed by atoms with van der Waals surface area (Å²) in [6.45, 7) is 0.684. The first-order valence-corrected chi connectivity index (χ1v) is 7.71. The smallest absolute Gasteiger partial charge is 0.258 e. The molecule has 0 radical (unpaired) electrons. The van der Waals surface area contributed by atoms with Crippen molar-refractivity contribution in [1.29, 1.82) is 0 Å². The molecule has 0 aliphatic heterocycles. The van der Waals surface area contributed by atoms with Crippen molar-refractivity contribution in [2.24, 2.45) is 0 Å². The van der Waals surface area contributed by atoms with Crippen molar-refractivity contribution in [3.05, 3.63) is 28.0 Å². The zero-order valence-electron chi connectivity index (χ0n) is 10.2. The molecule has 1 aliphatic rings. The number of thiophene rings is 1. The van der Waals surface area contributed by atoms with Crippen LogP contribution in [0.15, 0.2) is 17.5 Å². The number of rotatable bonds is 5. The van der Waals surface area contributed by atoms with Crippen LogP contribution >= 0.6 is 22.9 Å². The van der Waals surface area contributed by atoms with E-state index >= 15 is 0 Å². The summed E-state index contributed by atoms with van der Waals surface area (Å²) in [7, 11) is 0. The molecule has 1 aliphatic carbocycles. The maximum atomic E-state index is 12.1. The van der Waals surface area contributed by atoms with Crippen LogP contribution < -0.4 is 16.4 Å². The molecule has 1 amide bonds. The molecule has 7 heteroatoms. The third-order valence-corrected chi connectivity index (χ3v) is 4.56. The molecule has 3 rings (SSSR count). The summed E-state index contributed by atoms with van der Waals surface area (Å²) in [5, 5.41) is 8.94. The largest absolute Gasteiger partial charge is 0.382 e. The molecule has 1 saturated carbocycles. The van der Waals surface area contributed by atoms with Crippen molar-refractivity contribution in [3.8, 4) is 0 Å². The van der Waals surface area contributed by atoms with Gasteiger partial charge in [0.25, 0.3) is 5.91 Å². The van der Waals surface area contributed by atoms with E-state index in [4.69, 9.17) is 5.73 Å². The number of hydrogen-bond acceptors (Lipinski definition) is 6. The van der Waals surface area contributed by atoms with Gasteiger partial charge in [0.15, 0.2) is 5.82 Å². The van der Waals surface area contributed by atoms with Gasteiger partial charge in [0.1, 0.15) is 10.6 Å². The Labute approximate surface area is 119 Å². The lowest BCUT2D eigenvalue weighted by Gasteiger charge is -2.06. The van der Waals surface area contributed by atoms with Crippen molar-refractivity contribution < 1.29 is 4.79 Å². The Kier molecular flexibility index (Phi) is 3.39. The number of aromatic nitrogens is 1. The lowest BCUT2D eigenvalue weighted by atomic mass is 10.3. The van der Waals surface area contributed by atoms with E-state index in [1.54, 1.807) is 11.3 Å². The van der Waals surface area contributed by atoms with Gasteiger partial charge < -0.3 is 16.4 Å².